The van der Waals surface area contributed by atoms with E-state index in [-0.39, 0.29) is 17.6 Å². The summed E-state index contributed by atoms with van der Waals surface area (Å²) < 4.78 is 0. The van der Waals surface area contributed by atoms with Crippen molar-refractivity contribution in [3.05, 3.63) is 54.6 Å². The van der Waals surface area contributed by atoms with E-state index in [0.717, 1.165) is 16.8 Å². The van der Waals surface area contributed by atoms with E-state index in [9.17, 15) is 9.59 Å². The number of rotatable bonds is 8. The Kier molecular flexibility index (Phi) is 7.54. The SMILES string of the molecule is CCN(CC)C(=O)CSCC(=O)Nc1ccccc1-c1ccccc1. The summed E-state index contributed by atoms with van der Waals surface area (Å²) in [5.41, 5.74) is 2.83. The summed E-state index contributed by atoms with van der Waals surface area (Å²) in [5, 5.41) is 2.96. The molecule has 0 aliphatic heterocycles. The Morgan fingerprint density at radius 2 is 1.56 bits per heavy atom. The zero-order valence-corrected chi connectivity index (χ0v) is 15.5. The number of nitrogens with zero attached hydrogens (tertiary/aromatic N) is 1. The summed E-state index contributed by atoms with van der Waals surface area (Å²) in [6.07, 6.45) is 0. The lowest BCUT2D eigenvalue weighted by molar-refractivity contribution is -0.127. The number of hydrogen-bond acceptors (Lipinski definition) is 3. The molecule has 4 nitrogen and oxygen atoms in total. The van der Waals surface area contributed by atoms with Gasteiger partial charge in [0, 0.05) is 24.3 Å². The molecule has 0 bridgehead atoms. The Labute approximate surface area is 153 Å². The average molecular weight is 356 g/mol. The Hall–Kier alpha value is -2.27. The second kappa shape index (κ2) is 9.89. The van der Waals surface area contributed by atoms with Gasteiger partial charge in [-0.1, -0.05) is 48.5 Å². The Morgan fingerprint density at radius 1 is 0.920 bits per heavy atom. The zero-order valence-electron chi connectivity index (χ0n) is 14.7. The molecule has 0 radical (unpaired) electrons. The van der Waals surface area contributed by atoms with E-state index in [1.54, 1.807) is 4.90 Å². The molecule has 1 N–H and O–H groups in total. The third kappa shape index (κ3) is 5.64. The third-order valence-corrected chi connectivity index (χ3v) is 4.78. The molecule has 25 heavy (non-hydrogen) atoms. The zero-order chi connectivity index (χ0) is 18.1. The normalized spacial score (nSPS) is 10.3. The number of thioether (sulfide) groups is 1. The first-order chi connectivity index (χ1) is 12.2. The quantitative estimate of drug-likeness (QED) is 0.780. The number of hydrogen-bond donors (Lipinski definition) is 1. The number of anilines is 1. The number of carbonyl (C=O) groups is 2. The van der Waals surface area contributed by atoms with E-state index in [1.165, 1.54) is 11.8 Å². The van der Waals surface area contributed by atoms with Gasteiger partial charge in [0.1, 0.15) is 0 Å². The van der Waals surface area contributed by atoms with Crippen molar-refractivity contribution in [3.8, 4) is 11.1 Å². The Bertz CT molecular complexity index is 700. The van der Waals surface area contributed by atoms with Crippen molar-refractivity contribution in [2.45, 2.75) is 13.8 Å². The molecule has 0 saturated carbocycles. The van der Waals surface area contributed by atoms with Crippen molar-refractivity contribution < 1.29 is 9.59 Å². The minimum absolute atomic E-state index is 0.0764. The molecule has 0 aliphatic carbocycles. The first kappa shape index (κ1) is 19.1. The third-order valence-electron chi connectivity index (χ3n) is 3.86. The fourth-order valence-electron chi connectivity index (χ4n) is 2.55. The smallest absolute Gasteiger partial charge is 0.234 e. The fourth-order valence-corrected chi connectivity index (χ4v) is 3.26. The number of benzene rings is 2. The summed E-state index contributed by atoms with van der Waals surface area (Å²) >= 11 is 1.35. The van der Waals surface area contributed by atoms with Gasteiger partial charge in [-0.2, -0.15) is 0 Å². The lowest BCUT2D eigenvalue weighted by Gasteiger charge is -2.18. The van der Waals surface area contributed by atoms with Crippen molar-refractivity contribution in [2.75, 3.05) is 29.9 Å². The van der Waals surface area contributed by atoms with E-state index in [4.69, 9.17) is 0 Å². The van der Waals surface area contributed by atoms with Crippen LogP contribution >= 0.6 is 11.8 Å². The van der Waals surface area contributed by atoms with Gasteiger partial charge in [-0.05, 0) is 25.5 Å². The van der Waals surface area contributed by atoms with Crippen LogP contribution in [-0.2, 0) is 9.59 Å². The van der Waals surface area contributed by atoms with Crippen molar-refractivity contribution in [2.24, 2.45) is 0 Å². The molecule has 2 aromatic carbocycles. The fraction of sp³-hybridized carbons (Fsp3) is 0.300. The van der Waals surface area contributed by atoms with Crippen molar-refractivity contribution in [3.63, 3.8) is 0 Å². The summed E-state index contributed by atoms with van der Waals surface area (Å²) in [6, 6.07) is 17.7. The van der Waals surface area contributed by atoms with Gasteiger partial charge in [-0.25, -0.2) is 0 Å². The van der Waals surface area contributed by atoms with Gasteiger partial charge < -0.3 is 10.2 Å². The second-order valence-electron chi connectivity index (χ2n) is 5.52. The van der Waals surface area contributed by atoms with Gasteiger partial charge in [0.2, 0.25) is 11.8 Å². The first-order valence-corrected chi connectivity index (χ1v) is 9.61. The maximum Gasteiger partial charge on any atom is 0.234 e. The predicted octanol–water partition coefficient (Wildman–Crippen LogP) is 3.89. The second-order valence-corrected chi connectivity index (χ2v) is 6.50. The molecule has 2 rings (SSSR count). The van der Waals surface area contributed by atoms with Crippen LogP contribution in [0.25, 0.3) is 11.1 Å². The first-order valence-electron chi connectivity index (χ1n) is 8.45. The van der Waals surface area contributed by atoms with Gasteiger partial charge in [0.15, 0.2) is 0 Å². The van der Waals surface area contributed by atoms with Crippen molar-refractivity contribution in [1.82, 2.24) is 4.90 Å². The predicted molar refractivity (Wildman–Crippen MR) is 106 cm³/mol. The highest BCUT2D eigenvalue weighted by Crippen LogP contribution is 2.27. The highest BCUT2D eigenvalue weighted by molar-refractivity contribution is 8.00. The average Bonchev–Trinajstić information content (AvgIpc) is 2.64. The number of nitrogens with one attached hydrogen (secondary N) is 1. The summed E-state index contributed by atoms with van der Waals surface area (Å²) in [7, 11) is 0. The minimum Gasteiger partial charge on any atom is -0.343 e. The Morgan fingerprint density at radius 3 is 2.24 bits per heavy atom. The lowest BCUT2D eigenvalue weighted by atomic mass is 10.0. The van der Waals surface area contributed by atoms with E-state index in [2.05, 4.69) is 5.32 Å². The van der Waals surface area contributed by atoms with Crippen LogP contribution in [0.4, 0.5) is 5.69 Å². The monoisotopic (exact) mass is 356 g/mol. The van der Waals surface area contributed by atoms with E-state index < -0.39 is 0 Å². The van der Waals surface area contributed by atoms with Crippen LogP contribution in [-0.4, -0.2) is 41.3 Å². The minimum atomic E-state index is -0.0965. The maximum absolute atomic E-state index is 12.2. The van der Waals surface area contributed by atoms with Crippen LogP contribution in [0.2, 0.25) is 0 Å². The molecule has 0 spiro atoms. The summed E-state index contributed by atoms with van der Waals surface area (Å²) in [4.78, 5) is 26.0. The van der Waals surface area contributed by atoms with E-state index in [0.29, 0.717) is 18.8 Å². The molecule has 0 saturated heterocycles. The number of carbonyl (C=O) groups excluding carboxylic acids is 2. The van der Waals surface area contributed by atoms with Gasteiger partial charge in [0.05, 0.1) is 11.5 Å². The summed E-state index contributed by atoms with van der Waals surface area (Å²) in [5.74, 6) is 0.569. The molecule has 0 unspecified atom stereocenters. The van der Waals surface area contributed by atoms with Gasteiger partial charge in [0.25, 0.3) is 0 Å². The number of amides is 2. The highest BCUT2D eigenvalue weighted by atomic mass is 32.2. The largest absolute Gasteiger partial charge is 0.343 e. The van der Waals surface area contributed by atoms with Crippen LogP contribution in [0.5, 0.6) is 0 Å². The molecular formula is C20H24N2O2S. The molecule has 0 aromatic heterocycles. The van der Waals surface area contributed by atoms with E-state index in [1.807, 2.05) is 68.4 Å². The Balaban J connectivity index is 1.92. The van der Waals surface area contributed by atoms with Crippen LogP contribution in [0, 0.1) is 0 Å². The molecule has 0 fully saturated rings. The van der Waals surface area contributed by atoms with Gasteiger partial charge >= 0.3 is 0 Å². The van der Waals surface area contributed by atoms with Crippen LogP contribution < -0.4 is 5.32 Å². The van der Waals surface area contributed by atoms with Crippen LogP contribution in [0.15, 0.2) is 54.6 Å². The molecule has 2 amide bonds. The van der Waals surface area contributed by atoms with Gasteiger partial charge in [-0.3, -0.25) is 9.59 Å². The lowest BCUT2D eigenvalue weighted by Crippen LogP contribution is -2.32. The summed E-state index contributed by atoms with van der Waals surface area (Å²) in [6.45, 7) is 5.32. The maximum atomic E-state index is 12.2. The van der Waals surface area contributed by atoms with Gasteiger partial charge in [-0.15, -0.1) is 11.8 Å². The molecule has 0 atom stereocenters. The van der Waals surface area contributed by atoms with E-state index >= 15 is 0 Å². The molecule has 0 heterocycles. The molecule has 2 aromatic rings. The van der Waals surface area contributed by atoms with Crippen molar-refractivity contribution in [1.29, 1.82) is 0 Å². The molecular weight excluding hydrogens is 332 g/mol. The highest BCUT2D eigenvalue weighted by Gasteiger charge is 2.12. The van der Waals surface area contributed by atoms with Crippen LogP contribution in [0.1, 0.15) is 13.8 Å². The number of para-hydroxylation sites is 1. The molecule has 132 valence electrons. The topological polar surface area (TPSA) is 49.4 Å². The van der Waals surface area contributed by atoms with Crippen molar-refractivity contribution >= 4 is 29.3 Å². The standard InChI is InChI=1S/C20H24N2O2S/c1-3-22(4-2)20(24)15-25-14-19(23)21-18-13-9-8-12-17(18)16-10-6-5-7-11-16/h5-13H,3-4,14-15H2,1-2H3,(H,21,23). The van der Waals surface area contributed by atoms with Crippen LogP contribution in [0.3, 0.4) is 0 Å². The molecule has 5 heteroatoms. The molecule has 0 aliphatic rings.